The Balaban J connectivity index is 2.84. The molecule has 0 aromatic carbocycles. The number of hydrogen-bond donors (Lipinski definition) is 3. The molecule has 0 amide bonds. The van der Waals surface area contributed by atoms with Crippen molar-refractivity contribution in [2.75, 3.05) is 24.5 Å². The average Bonchev–Trinajstić information content (AvgIpc) is 2.37. The summed E-state index contributed by atoms with van der Waals surface area (Å²) < 4.78 is 33.3. The molecule has 1 heterocycles. The molecule has 3 N–H and O–H groups in total. The predicted octanol–water partition coefficient (Wildman–Crippen LogP) is 0.267. The highest BCUT2D eigenvalue weighted by molar-refractivity contribution is 9.10. The van der Waals surface area contributed by atoms with Crippen LogP contribution in [0.4, 0.5) is 5.82 Å². The summed E-state index contributed by atoms with van der Waals surface area (Å²) in [6, 6.07) is 0. The Kier molecular flexibility index (Phi) is 6.42. The molecule has 19 heavy (non-hydrogen) atoms. The summed E-state index contributed by atoms with van der Waals surface area (Å²) in [7, 11) is -3.68. The number of aliphatic hydroxyl groups excluding tert-OH is 1. The molecule has 108 valence electrons. The summed E-state index contributed by atoms with van der Waals surface area (Å²) in [5, 5.41) is 8.67. The number of anilines is 1. The minimum Gasteiger partial charge on any atom is -0.474 e. The standard InChI is InChI=1S/C9H15BrN4O4S/c1-2-3-13-19(16,17)14-8-7(10)9(12-6-11-8)18-5-4-15/h6,13,15H,2-5H2,1H3,(H,11,12,14). The van der Waals surface area contributed by atoms with Crippen molar-refractivity contribution in [2.24, 2.45) is 0 Å². The Bertz CT molecular complexity index is 511. The molecule has 0 saturated heterocycles. The van der Waals surface area contributed by atoms with Gasteiger partial charge in [-0.3, -0.25) is 4.72 Å². The Labute approximate surface area is 119 Å². The van der Waals surface area contributed by atoms with Gasteiger partial charge in [-0.1, -0.05) is 6.92 Å². The number of nitrogens with one attached hydrogen (secondary N) is 2. The van der Waals surface area contributed by atoms with Crippen LogP contribution >= 0.6 is 15.9 Å². The van der Waals surface area contributed by atoms with Crippen LogP contribution in [0.3, 0.4) is 0 Å². The summed E-state index contributed by atoms with van der Waals surface area (Å²) in [6.07, 6.45) is 1.84. The van der Waals surface area contributed by atoms with Crippen molar-refractivity contribution < 1.29 is 18.3 Å². The zero-order valence-electron chi connectivity index (χ0n) is 10.3. The van der Waals surface area contributed by atoms with Crippen LogP contribution in [0.15, 0.2) is 10.8 Å². The lowest BCUT2D eigenvalue weighted by atomic mass is 10.5. The summed E-state index contributed by atoms with van der Waals surface area (Å²) in [5.41, 5.74) is 0. The molecule has 0 aliphatic rings. The molecule has 0 aliphatic heterocycles. The van der Waals surface area contributed by atoms with E-state index in [2.05, 4.69) is 35.3 Å². The molecule has 0 radical (unpaired) electrons. The van der Waals surface area contributed by atoms with Gasteiger partial charge in [-0.2, -0.15) is 13.1 Å². The number of nitrogens with zero attached hydrogens (tertiary/aromatic N) is 2. The van der Waals surface area contributed by atoms with Gasteiger partial charge in [0, 0.05) is 6.54 Å². The first kappa shape index (κ1) is 16.1. The largest absolute Gasteiger partial charge is 0.474 e. The molecule has 10 heteroatoms. The minimum absolute atomic E-state index is 0.0515. The van der Waals surface area contributed by atoms with E-state index in [1.807, 2.05) is 6.92 Å². The highest BCUT2D eigenvalue weighted by atomic mass is 79.9. The first-order valence-corrected chi connectivity index (χ1v) is 7.79. The summed E-state index contributed by atoms with van der Waals surface area (Å²) in [6.45, 7) is 2.06. The van der Waals surface area contributed by atoms with Crippen LogP contribution in [0.5, 0.6) is 5.88 Å². The molecule has 8 nitrogen and oxygen atoms in total. The third-order valence-electron chi connectivity index (χ3n) is 1.86. The average molecular weight is 355 g/mol. The van der Waals surface area contributed by atoms with Gasteiger partial charge in [0.1, 0.15) is 17.4 Å². The molecule has 1 rings (SSSR count). The van der Waals surface area contributed by atoms with E-state index in [1.54, 1.807) is 0 Å². The third kappa shape index (κ3) is 5.27. The molecule has 0 unspecified atom stereocenters. The second-order valence-corrected chi connectivity index (χ2v) is 5.71. The lowest BCUT2D eigenvalue weighted by molar-refractivity contribution is 0.196. The van der Waals surface area contributed by atoms with Crippen molar-refractivity contribution in [1.82, 2.24) is 14.7 Å². The highest BCUT2D eigenvalue weighted by Crippen LogP contribution is 2.28. The van der Waals surface area contributed by atoms with Gasteiger partial charge in [0.2, 0.25) is 5.88 Å². The number of halogens is 1. The number of hydrogen-bond acceptors (Lipinski definition) is 6. The predicted molar refractivity (Wildman–Crippen MR) is 73.1 cm³/mol. The molecule has 1 aromatic heterocycles. The van der Waals surface area contributed by atoms with Crippen LogP contribution in [0.25, 0.3) is 0 Å². The number of ether oxygens (including phenoxy) is 1. The van der Waals surface area contributed by atoms with Crippen molar-refractivity contribution in [3.05, 3.63) is 10.8 Å². The fourth-order valence-corrected chi connectivity index (χ4v) is 2.57. The molecule has 0 bridgehead atoms. The maximum Gasteiger partial charge on any atom is 0.300 e. The van der Waals surface area contributed by atoms with Crippen molar-refractivity contribution in [3.8, 4) is 5.88 Å². The highest BCUT2D eigenvalue weighted by Gasteiger charge is 2.15. The fraction of sp³-hybridized carbons (Fsp3) is 0.556. The van der Waals surface area contributed by atoms with E-state index in [-0.39, 0.29) is 29.4 Å². The smallest absolute Gasteiger partial charge is 0.300 e. The monoisotopic (exact) mass is 354 g/mol. The van der Waals surface area contributed by atoms with E-state index >= 15 is 0 Å². The maximum atomic E-state index is 11.7. The van der Waals surface area contributed by atoms with Crippen LogP contribution < -0.4 is 14.2 Å². The lowest BCUT2D eigenvalue weighted by Crippen LogP contribution is -2.31. The molecule has 0 saturated carbocycles. The van der Waals surface area contributed by atoms with E-state index < -0.39 is 10.2 Å². The second-order valence-electron chi connectivity index (χ2n) is 3.41. The van der Waals surface area contributed by atoms with Crippen molar-refractivity contribution >= 4 is 32.0 Å². The van der Waals surface area contributed by atoms with E-state index in [0.29, 0.717) is 13.0 Å². The lowest BCUT2D eigenvalue weighted by Gasteiger charge is -2.11. The van der Waals surface area contributed by atoms with Crippen LogP contribution in [0.1, 0.15) is 13.3 Å². The molecule has 0 atom stereocenters. The second kappa shape index (κ2) is 7.58. The maximum absolute atomic E-state index is 11.7. The number of aliphatic hydroxyl groups is 1. The van der Waals surface area contributed by atoms with Gasteiger partial charge < -0.3 is 9.84 Å². The topological polar surface area (TPSA) is 113 Å². The first-order valence-electron chi connectivity index (χ1n) is 5.51. The van der Waals surface area contributed by atoms with Gasteiger partial charge in [-0.05, 0) is 22.4 Å². The zero-order valence-corrected chi connectivity index (χ0v) is 12.7. The molecular formula is C9H15BrN4O4S. The van der Waals surface area contributed by atoms with Crippen LogP contribution in [0.2, 0.25) is 0 Å². The van der Waals surface area contributed by atoms with Crippen molar-refractivity contribution in [1.29, 1.82) is 0 Å². The number of rotatable bonds is 8. The van der Waals surface area contributed by atoms with Gasteiger partial charge in [-0.25, -0.2) is 9.97 Å². The molecule has 1 aromatic rings. The van der Waals surface area contributed by atoms with Gasteiger partial charge in [-0.15, -0.1) is 0 Å². The molecular weight excluding hydrogens is 340 g/mol. The summed E-state index contributed by atoms with van der Waals surface area (Å²) >= 11 is 3.15. The Hall–Kier alpha value is -0.970. The fourth-order valence-electron chi connectivity index (χ4n) is 1.07. The van der Waals surface area contributed by atoms with E-state index in [0.717, 1.165) is 6.33 Å². The van der Waals surface area contributed by atoms with Crippen LogP contribution in [-0.4, -0.2) is 43.3 Å². The Morgan fingerprint density at radius 2 is 2.21 bits per heavy atom. The minimum atomic E-state index is -3.68. The molecule has 0 fully saturated rings. The normalized spacial score (nSPS) is 11.3. The van der Waals surface area contributed by atoms with Gasteiger partial charge in [0.05, 0.1) is 6.61 Å². The van der Waals surface area contributed by atoms with Crippen LogP contribution in [-0.2, 0) is 10.2 Å². The van der Waals surface area contributed by atoms with E-state index in [4.69, 9.17) is 9.84 Å². The van der Waals surface area contributed by atoms with E-state index in [9.17, 15) is 8.42 Å². The summed E-state index contributed by atoms with van der Waals surface area (Å²) in [5.74, 6) is 0.212. The first-order chi connectivity index (χ1) is 9.00. The van der Waals surface area contributed by atoms with Gasteiger partial charge in [0.25, 0.3) is 10.2 Å². The summed E-state index contributed by atoms with van der Waals surface area (Å²) in [4.78, 5) is 7.63. The number of aromatic nitrogens is 2. The van der Waals surface area contributed by atoms with Gasteiger partial charge in [0.15, 0.2) is 5.82 Å². The Morgan fingerprint density at radius 3 is 2.84 bits per heavy atom. The van der Waals surface area contributed by atoms with Gasteiger partial charge >= 0.3 is 0 Å². The van der Waals surface area contributed by atoms with Crippen molar-refractivity contribution in [2.45, 2.75) is 13.3 Å². The third-order valence-corrected chi connectivity index (χ3v) is 3.62. The zero-order chi connectivity index (χ0) is 14.3. The quantitative estimate of drug-likeness (QED) is 0.617. The molecule has 0 spiro atoms. The Morgan fingerprint density at radius 1 is 1.47 bits per heavy atom. The van der Waals surface area contributed by atoms with Crippen molar-refractivity contribution in [3.63, 3.8) is 0 Å². The van der Waals surface area contributed by atoms with Crippen LogP contribution in [0, 0.1) is 0 Å². The SMILES string of the molecule is CCCNS(=O)(=O)Nc1ncnc(OCCO)c1Br. The molecule has 0 aliphatic carbocycles. The van der Waals surface area contributed by atoms with E-state index in [1.165, 1.54) is 0 Å².